The minimum absolute atomic E-state index is 0.752. The van der Waals surface area contributed by atoms with Gasteiger partial charge in [0.1, 0.15) is 6.07 Å². The topological polar surface area (TPSA) is 27.0 Å². The zero-order chi connectivity index (χ0) is 9.97. The summed E-state index contributed by atoms with van der Waals surface area (Å²) in [4.78, 5) is 2.31. The molecule has 1 aliphatic heterocycles. The summed E-state index contributed by atoms with van der Waals surface area (Å²) in [5.74, 6) is 0.752. The van der Waals surface area contributed by atoms with Gasteiger partial charge in [0.15, 0.2) is 0 Å². The molecule has 0 spiro atoms. The van der Waals surface area contributed by atoms with E-state index < -0.39 is 0 Å². The van der Waals surface area contributed by atoms with Gasteiger partial charge < -0.3 is 4.90 Å². The first-order chi connectivity index (χ1) is 6.81. The van der Waals surface area contributed by atoms with Crippen LogP contribution in [0.3, 0.4) is 0 Å². The number of hydrogen-bond acceptors (Lipinski definition) is 2. The van der Waals surface area contributed by atoms with Gasteiger partial charge in [-0.25, -0.2) is 0 Å². The fourth-order valence-corrected chi connectivity index (χ4v) is 2.00. The van der Waals surface area contributed by atoms with Crippen molar-refractivity contribution in [3.63, 3.8) is 0 Å². The fraction of sp³-hybridized carbons (Fsp3) is 0.417. The fourth-order valence-electron chi connectivity index (χ4n) is 2.00. The third kappa shape index (κ3) is 1.58. The van der Waals surface area contributed by atoms with E-state index in [1.54, 1.807) is 0 Å². The van der Waals surface area contributed by atoms with Crippen LogP contribution in [0.25, 0.3) is 0 Å². The molecule has 0 aromatic heterocycles. The van der Waals surface area contributed by atoms with E-state index in [-0.39, 0.29) is 0 Å². The largest absolute Gasteiger partial charge is 0.370 e. The standard InChI is InChI=1S/C12H14N2/c1-10-6-7-14(9-10)12-5-3-2-4-11(12)8-13/h2-5,10H,6-7,9H2,1H3. The number of benzene rings is 1. The van der Waals surface area contributed by atoms with Crippen molar-refractivity contribution >= 4 is 5.69 Å². The summed E-state index contributed by atoms with van der Waals surface area (Å²) in [6, 6.07) is 10.1. The first kappa shape index (κ1) is 9.08. The lowest BCUT2D eigenvalue weighted by Crippen LogP contribution is -2.19. The number of anilines is 1. The summed E-state index contributed by atoms with van der Waals surface area (Å²) in [7, 11) is 0. The minimum Gasteiger partial charge on any atom is -0.370 e. The Balaban J connectivity index is 2.28. The number of nitrogens with zero attached hydrogens (tertiary/aromatic N) is 2. The Labute approximate surface area is 84.8 Å². The molecule has 1 atom stereocenters. The highest BCUT2D eigenvalue weighted by molar-refractivity contribution is 5.59. The molecule has 0 radical (unpaired) electrons. The van der Waals surface area contributed by atoms with Crippen molar-refractivity contribution in [2.75, 3.05) is 18.0 Å². The molecule has 1 unspecified atom stereocenters. The van der Waals surface area contributed by atoms with Gasteiger partial charge in [-0.3, -0.25) is 0 Å². The Bertz CT molecular complexity index is 365. The number of para-hydroxylation sites is 1. The van der Waals surface area contributed by atoms with Gasteiger partial charge in [-0.05, 0) is 24.5 Å². The van der Waals surface area contributed by atoms with Gasteiger partial charge in [-0.15, -0.1) is 0 Å². The monoisotopic (exact) mass is 186 g/mol. The Morgan fingerprint density at radius 2 is 2.21 bits per heavy atom. The highest BCUT2D eigenvalue weighted by Crippen LogP contribution is 2.26. The summed E-state index contributed by atoms with van der Waals surface area (Å²) < 4.78 is 0. The van der Waals surface area contributed by atoms with Crippen molar-refractivity contribution in [3.8, 4) is 6.07 Å². The Morgan fingerprint density at radius 3 is 2.86 bits per heavy atom. The number of rotatable bonds is 1. The van der Waals surface area contributed by atoms with Crippen LogP contribution in [-0.2, 0) is 0 Å². The van der Waals surface area contributed by atoms with Crippen LogP contribution in [0.4, 0.5) is 5.69 Å². The van der Waals surface area contributed by atoms with E-state index in [1.807, 2.05) is 24.3 Å². The van der Waals surface area contributed by atoms with Gasteiger partial charge in [0, 0.05) is 13.1 Å². The van der Waals surface area contributed by atoms with E-state index >= 15 is 0 Å². The maximum Gasteiger partial charge on any atom is 0.101 e. The Hall–Kier alpha value is -1.49. The molecule has 0 saturated carbocycles. The quantitative estimate of drug-likeness (QED) is 0.673. The van der Waals surface area contributed by atoms with Crippen molar-refractivity contribution in [2.24, 2.45) is 5.92 Å². The van der Waals surface area contributed by atoms with Gasteiger partial charge in [0.25, 0.3) is 0 Å². The predicted molar refractivity (Wildman–Crippen MR) is 57.2 cm³/mol. The van der Waals surface area contributed by atoms with Crippen LogP contribution in [0.1, 0.15) is 18.9 Å². The summed E-state index contributed by atoms with van der Waals surface area (Å²) in [5.41, 5.74) is 1.89. The SMILES string of the molecule is CC1CCN(c2ccccc2C#N)C1. The molecular weight excluding hydrogens is 172 g/mol. The second kappa shape index (κ2) is 3.71. The summed E-state index contributed by atoms with van der Waals surface area (Å²) >= 11 is 0. The zero-order valence-electron chi connectivity index (χ0n) is 8.40. The molecule has 1 saturated heterocycles. The normalized spacial score (nSPS) is 20.9. The van der Waals surface area contributed by atoms with Crippen molar-refractivity contribution in [2.45, 2.75) is 13.3 Å². The van der Waals surface area contributed by atoms with Crippen LogP contribution < -0.4 is 4.90 Å². The van der Waals surface area contributed by atoms with E-state index in [1.165, 1.54) is 6.42 Å². The second-order valence-electron chi connectivity index (χ2n) is 3.97. The van der Waals surface area contributed by atoms with E-state index in [4.69, 9.17) is 5.26 Å². The molecule has 0 aliphatic carbocycles. The zero-order valence-corrected chi connectivity index (χ0v) is 8.40. The maximum atomic E-state index is 8.97. The molecule has 2 rings (SSSR count). The molecule has 2 nitrogen and oxygen atoms in total. The lowest BCUT2D eigenvalue weighted by atomic mass is 10.1. The summed E-state index contributed by atoms with van der Waals surface area (Å²) in [6.45, 7) is 4.42. The van der Waals surface area contributed by atoms with E-state index in [0.29, 0.717) is 0 Å². The average molecular weight is 186 g/mol. The highest BCUT2D eigenvalue weighted by Gasteiger charge is 2.20. The molecule has 14 heavy (non-hydrogen) atoms. The van der Waals surface area contributed by atoms with Crippen LogP contribution >= 0.6 is 0 Å². The third-order valence-electron chi connectivity index (χ3n) is 2.79. The molecule has 0 N–H and O–H groups in total. The molecule has 1 fully saturated rings. The smallest absolute Gasteiger partial charge is 0.101 e. The second-order valence-corrected chi connectivity index (χ2v) is 3.97. The summed E-state index contributed by atoms with van der Waals surface area (Å²) in [6.07, 6.45) is 1.24. The van der Waals surface area contributed by atoms with Crippen LogP contribution in [-0.4, -0.2) is 13.1 Å². The Kier molecular flexibility index (Phi) is 2.41. The van der Waals surface area contributed by atoms with E-state index in [0.717, 1.165) is 30.3 Å². The molecule has 1 heterocycles. The molecule has 0 bridgehead atoms. The van der Waals surface area contributed by atoms with Crippen molar-refractivity contribution in [1.82, 2.24) is 0 Å². The molecule has 2 heteroatoms. The van der Waals surface area contributed by atoms with E-state index in [9.17, 15) is 0 Å². The first-order valence-corrected chi connectivity index (χ1v) is 5.05. The molecular formula is C12H14N2. The highest BCUT2D eigenvalue weighted by atomic mass is 15.1. The van der Waals surface area contributed by atoms with Crippen molar-refractivity contribution in [1.29, 1.82) is 5.26 Å². The first-order valence-electron chi connectivity index (χ1n) is 5.05. The molecule has 1 aliphatic rings. The third-order valence-corrected chi connectivity index (χ3v) is 2.79. The van der Waals surface area contributed by atoms with Crippen LogP contribution in [0.5, 0.6) is 0 Å². The van der Waals surface area contributed by atoms with E-state index in [2.05, 4.69) is 17.9 Å². The Morgan fingerprint density at radius 1 is 1.43 bits per heavy atom. The lowest BCUT2D eigenvalue weighted by molar-refractivity contribution is 0.659. The number of hydrogen-bond donors (Lipinski definition) is 0. The molecule has 72 valence electrons. The van der Waals surface area contributed by atoms with Crippen LogP contribution in [0, 0.1) is 17.2 Å². The van der Waals surface area contributed by atoms with Crippen LogP contribution in [0.2, 0.25) is 0 Å². The van der Waals surface area contributed by atoms with Crippen molar-refractivity contribution < 1.29 is 0 Å². The molecule has 0 amide bonds. The van der Waals surface area contributed by atoms with Gasteiger partial charge >= 0.3 is 0 Å². The average Bonchev–Trinajstić information content (AvgIpc) is 2.65. The molecule has 1 aromatic rings. The van der Waals surface area contributed by atoms with Gasteiger partial charge in [0.05, 0.1) is 11.3 Å². The minimum atomic E-state index is 0.752. The number of nitriles is 1. The van der Waals surface area contributed by atoms with Crippen LogP contribution in [0.15, 0.2) is 24.3 Å². The lowest BCUT2D eigenvalue weighted by Gasteiger charge is -2.19. The molecule has 1 aromatic carbocycles. The van der Waals surface area contributed by atoms with Gasteiger partial charge in [-0.1, -0.05) is 19.1 Å². The van der Waals surface area contributed by atoms with Crippen molar-refractivity contribution in [3.05, 3.63) is 29.8 Å². The van der Waals surface area contributed by atoms with Gasteiger partial charge in [0.2, 0.25) is 0 Å². The maximum absolute atomic E-state index is 8.97. The summed E-state index contributed by atoms with van der Waals surface area (Å²) in [5, 5.41) is 8.97. The predicted octanol–water partition coefficient (Wildman–Crippen LogP) is 2.40. The van der Waals surface area contributed by atoms with Gasteiger partial charge in [-0.2, -0.15) is 5.26 Å².